The summed E-state index contributed by atoms with van der Waals surface area (Å²) in [5.41, 5.74) is 7.14. The van der Waals surface area contributed by atoms with Crippen molar-refractivity contribution in [2.24, 2.45) is 4.99 Å². The van der Waals surface area contributed by atoms with E-state index in [1.54, 1.807) is 12.4 Å². The Bertz CT molecular complexity index is 320. The number of fused-ring (bicyclic) bond motifs is 1. The fourth-order valence-electron chi connectivity index (χ4n) is 0.984. The first-order valence-corrected chi connectivity index (χ1v) is 2.89. The summed E-state index contributed by atoms with van der Waals surface area (Å²) in [7, 11) is 0. The van der Waals surface area contributed by atoms with E-state index in [-0.39, 0.29) is 5.84 Å². The Balaban J connectivity index is 2.73. The average Bonchev–Trinajstić information content (AvgIpc) is 2.41. The Morgan fingerprint density at radius 1 is 1.60 bits per heavy atom. The number of rotatable bonds is 0. The normalized spacial score (nSPS) is 14.2. The molecule has 0 atom stereocenters. The van der Waals surface area contributed by atoms with Gasteiger partial charge in [-0.25, -0.2) is 4.99 Å². The third kappa shape index (κ3) is 0.452. The van der Waals surface area contributed by atoms with E-state index in [9.17, 15) is 0 Å². The molecule has 0 aromatic carbocycles. The van der Waals surface area contributed by atoms with Crippen LogP contribution < -0.4 is 5.73 Å². The minimum atomic E-state index is 0.281. The van der Waals surface area contributed by atoms with Crippen LogP contribution in [0.2, 0.25) is 0 Å². The van der Waals surface area contributed by atoms with E-state index in [1.165, 1.54) is 0 Å². The second kappa shape index (κ2) is 1.47. The summed E-state index contributed by atoms with van der Waals surface area (Å²) in [6.45, 7) is 0. The fraction of sp³-hybridized carbons (Fsp3) is 0. The number of aliphatic imine (C=N–C) groups is 1. The van der Waals surface area contributed by atoms with Gasteiger partial charge in [0.1, 0.15) is 5.82 Å². The highest BCUT2D eigenvalue weighted by molar-refractivity contribution is 6.16. The van der Waals surface area contributed by atoms with Crippen LogP contribution in [-0.2, 0) is 0 Å². The molecule has 1 aliphatic heterocycles. The lowest BCUT2D eigenvalue weighted by molar-refractivity contribution is 1.39. The first-order chi connectivity index (χ1) is 4.79. The van der Waals surface area contributed by atoms with Crippen LogP contribution in [0.1, 0.15) is 11.1 Å². The minimum Gasteiger partial charge on any atom is -0.385 e. The maximum absolute atomic E-state index is 7.27. The number of nitrogen functional groups attached to an aromatic ring is 1. The maximum atomic E-state index is 7.27. The van der Waals surface area contributed by atoms with Crippen LogP contribution in [0.4, 0.5) is 5.82 Å². The molecule has 50 valence electrons. The van der Waals surface area contributed by atoms with Gasteiger partial charge < -0.3 is 10.7 Å². The van der Waals surface area contributed by atoms with Crippen LogP contribution in [-0.4, -0.2) is 17.0 Å². The number of H-pyrrole nitrogens is 1. The van der Waals surface area contributed by atoms with E-state index in [0.717, 1.165) is 11.1 Å². The Labute approximate surface area is 57.3 Å². The zero-order valence-corrected chi connectivity index (χ0v) is 5.18. The third-order valence-corrected chi connectivity index (χ3v) is 1.53. The van der Waals surface area contributed by atoms with Gasteiger partial charge in [-0.2, -0.15) is 0 Å². The van der Waals surface area contributed by atoms with Gasteiger partial charge in [0.25, 0.3) is 0 Å². The molecule has 0 amide bonds. The Kier molecular flexibility index (Phi) is 0.768. The molecule has 2 rings (SSSR count). The molecule has 0 saturated carbocycles. The van der Waals surface area contributed by atoms with E-state index in [0.29, 0.717) is 5.82 Å². The average molecular weight is 134 g/mol. The molecule has 1 aromatic rings. The number of nitrogens with zero attached hydrogens (tertiary/aromatic N) is 1. The van der Waals surface area contributed by atoms with E-state index in [4.69, 9.17) is 11.1 Å². The van der Waals surface area contributed by atoms with E-state index in [2.05, 4.69) is 9.98 Å². The van der Waals surface area contributed by atoms with E-state index in [1.807, 2.05) is 0 Å². The zero-order valence-electron chi connectivity index (χ0n) is 5.18. The van der Waals surface area contributed by atoms with Gasteiger partial charge in [0.05, 0.1) is 0 Å². The van der Waals surface area contributed by atoms with Crippen molar-refractivity contribution in [1.29, 1.82) is 5.41 Å². The van der Waals surface area contributed by atoms with Crippen LogP contribution >= 0.6 is 0 Å². The van der Waals surface area contributed by atoms with Crippen molar-refractivity contribution < 1.29 is 0 Å². The van der Waals surface area contributed by atoms with Gasteiger partial charge in [0, 0.05) is 23.5 Å². The molecule has 4 heteroatoms. The maximum Gasteiger partial charge on any atom is 0.154 e. The predicted octanol–water partition coefficient (Wildman–Crippen LogP) is 0.355. The SMILES string of the molecule is N=C1N=Cc2c1c[nH]c2N. The molecule has 0 saturated heterocycles. The number of aromatic nitrogens is 1. The first-order valence-electron chi connectivity index (χ1n) is 2.89. The standard InChI is InChI=1S/C6H6N4/c7-5-3-1-9-6(8)4(3)2-10-5/h1-2,7,9H,8H2. The van der Waals surface area contributed by atoms with Crippen LogP contribution in [0, 0.1) is 5.41 Å². The number of amidine groups is 1. The van der Waals surface area contributed by atoms with Crippen molar-refractivity contribution >= 4 is 17.9 Å². The van der Waals surface area contributed by atoms with Gasteiger partial charge in [-0.05, 0) is 0 Å². The summed E-state index contributed by atoms with van der Waals surface area (Å²) < 4.78 is 0. The van der Waals surface area contributed by atoms with Crippen molar-refractivity contribution in [1.82, 2.24) is 4.98 Å². The molecule has 0 fully saturated rings. The number of aromatic amines is 1. The Hall–Kier alpha value is -1.58. The van der Waals surface area contributed by atoms with Gasteiger partial charge in [-0.1, -0.05) is 0 Å². The van der Waals surface area contributed by atoms with Crippen molar-refractivity contribution in [3.05, 3.63) is 17.3 Å². The molecule has 0 unspecified atom stereocenters. The van der Waals surface area contributed by atoms with Crippen molar-refractivity contribution in [3.63, 3.8) is 0 Å². The number of hydrogen-bond donors (Lipinski definition) is 3. The van der Waals surface area contributed by atoms with Crippen LogP contribution in [0.5, 0.6) is 0 Å². The smallest absolute Gasteiger partial charge is 0.154 e. The lowest BCUT2D eigenvalue weighted by Gasteiger charge is -1.84. The lowest BCUT2D eigenvalue weighted by Crippen LogP contribution is -1.89. The highest BCUT2D eigenvalue weighted by Gasteiger charge is 2.15. The van der Waals surface area contributed by atoms with Crippen molar-refractivity contribution in [2.45, 2.75) is 0 Å². The molecular formula is C6H6N4. The molecular weight excluding hydrogens is 128 g/mol. The largest absolute Gasteiger partial charge is 0.385 e. The van der Waals surface area contributed by atoms with Gasteiger partial charge in [0.15, 0.2) is 5.84 Å². The van der Waals surface area contributed by atoms with Gasteiger partial charge in [0.2, 0.25) is 0 Å². The lowest BCUT2D eigenvalue weighted by atomic mass is 10.2. The molecule has 4 N–H and O–H groups in total. The number of nitrogens with two attached hydrogens (primary N) is 1. The Morgan fingerprint density at radius 3 is 3.10 bits per heavy atom. The highest BCUT2D eigenvalue weighted by atomic mass is 14.9. The highest BCUT2D eigenvalue weighted by Crippen LogP contribution is 2.18. The molecule has 4 nitrogen and oxygen atoms in total. The molecule has 1 aromatic heterocycles. The van der Waals surface area contributed by atoms with Gasteiger partial charge in [-0.15, -0.1) is 0 Å². The first kappa shape index (κ1) is 5.22. The van der Waals surface area contributed by atoms with Crippen molar-refractivity contribution in [2.75, 3.05) is 5.73 Å². The second-order valence-electron chi connectivity index (χ2n) is 2.14. The quantitative estimate of drug-likeness (QED) is 0.470. The van der Waals surface area contributed by atoms with E-state index < -0.39 is 0 Å². The van der Waals surface area contributed by atoms with Gasteiger partial charge in [-0.3, -0.25) is 5.41 Å². The predicted molar refractivity (Wildman–Crippen MR) is 39.6 cm³/mol. The molecule has 1 aliphatic rings. The molecule has 2 heterocycles. The molecule has 0 bridgehead atoms. The second-order valence-corrected chi connectivity index (χ2v) is 2.14. The number of anilines is 1. The zero-order chi connectivity index (χ0) is 7.14. The van der Waals surface area contributed by atoms with E-state index >= 15 is 0 Å². The fourth-order valence-corrected chi connectivity index (χ4v) is 0.984. The molecule has 10 heavy (non-hydrogen) atoms. The summed E-state index contributed by atoms with van der Waals surface area (Å²) in [6.07, 6.45) is 3.30. The summed E-state index contributed by atoms with van der Waals surface area (Å²) in [5, 5.41) is 7.27. The molecule has 0 aliphatic carbocycles. The molecule has 0 radical (unpaired) electrons. The summed E-state index contributed by atoms with van der Waals surface area (Å²) >= 11 is 0. The monoisotopic (exact) mass is 134 g/mol. The van der Waals surface area contributed by atoms with Crippen LogP contribution in [0.25, 0.3) is 0 Å². The molecule has 0 spiro atoms. The van der Waals surface area contributed by atoms with Crippen molar-refractivity contribution in [3.8, 4) is 0 Å². The summed E-state index contributed by atoms with van der Waals surface area (Å²) in [5.74, 6) is 0.865. The topological polar surface area (TPSA) is 78.0 Å². The third-order valence-electron chi connectivity index (χ3n) is 1.53. The summed E-state index contributed by atoms with van der Waals surface area (Å²) in [4.78, 5) is 6.60. The Morgan fingerprint density at radius 2 is 2.40 bits per heavy atom. The van der Waals surface area contributed by atoms with Crippen LogP contribution in [0.3, 0.4) is 0 Å². The number of hydrogen-bond acceptors (Lipinski definition) is 2. The van der Waals surface area contributed by atoms with Gasteiger partial charge >= 0.3 is 0 Å². The minimum absolute atomic E-state index is 0.281. The summed E-state index contributed by atoms with van der Waals surface area (Å²) in [6, 6.07) is 0. The van der Waals surface area contributed by atoms with Crippen LogP contribution in [0.15, 0.2) is 11.2 Å². The number of nitrogens with one attached hydrogen (secondary N) is 2.